The van der Waals surface area contributed by atoms with Gasteiger partial charge in [-0.25, -0.2) is 4.39 Å². The predicted octanol–water partition coefficient (Wildman–Crippen LogP) is 4.61. The van der Waals surface area contributed by atoms with Crippen molar-refractivity contribution in [1.82, 2.24) is 9.80 Å². The zero-order valence-electron chi connectivity index (χ0n) is 15.6. The SMILES string of the molecule is C[C@@H]1CN(C(=O)/C=C/c2ccc(Cl)cc2)[C@@H](C)CN1Cc1ccc(F)cc1. The summed E-state index contributed by atoms with van der Waals surface area (Å²) in [6.45, 7) is 6.41. The van der Waals surface area contributed by atoms with Crippen LogP contribution in [0.2, 0.25) is 5.02 Å². The number of hydrogen-bond donors (Lipinski definition) is 0. The maximum absolute atomic E-state index is 13.1. The van der Waals surface area contributed by atoms with E-state index in [-0.39, 0.29) is 23.8 Å². The summed E-state index contributed by atoms with van der Waals surface area (Å²) in [6, 6.07) is 14.4. The number of piperazine rings is 1. The number of halogens is 2. The summed E-state index contributed by atoms with van der Waals surface area (Å²) in [7, 11) is 0. The van der Waals surface area contributed by atoms with Crippen molar-refractivity contribution in [2.45, 2.75) is 32.5 Å². The summed E-state index contributed by atoms with van der Waals surface area (Å²) in [6.07, 6.45) is 3.45. The minimum Gasteiger partial charge on any atom is -0.334 e. The first-order valence-corrected chi connectivity index (χ1v) is 9.53. The molecule has 0 spiro atoms. The van der Waals surface area contributed by atoms with Gasteiger partial charge in [0.2, 0.25) is 5.91 Å². The summed E-state index contributed by atoms with van der Waals surface area (Å²) >= 11 is 5.89. The summed E-state index contributed by atoms with van der Waals surface area (Å²) in [4.78, 5) is 16.9. The van der Waals surface area contributed by atoms with E-state index in [0.717, 1.165) is 24.2 Å². The van der Waals surface area contributed by atoms with Crippen molar-refractivity contribution in [3.63, 3.8) is 0 Å². The second-order valence-corrected chi connectivity index (χ2v) is 7.57. The van der Waals surface area contributed by atoms with Crippen molar-refractivity contribution in [3.05, 3.63) is 76.6 Å². The van der Waals surface area contributed by atoms with Gasteiger partial charge in [0, 0.05) is 42.8 Å². The van der Waals surface area contributed by atoms with Crippen LogP contribution in [0.15, 0.2) is 54.6 Å². The van der Waals surface area contributed by atoms with E-state index < -0.39 is 0 Å². The molecule has 0 unspecified atom stereocenters. The highest BCUT2D eigenvalue weighted by atomic mass is 35.5. The van der Waals surface area contributed by atoms with Gasteiger partial charge in [0.1, 0.15) is 5.82 Å². The highest BCUT2D eigenvalue weighted by molar-refractivity contribution is 6.30. The van der Waals surface area contributed by atoms with Gasteiger partial charge in [-0.05, 0) is 55.3 Å². The van der Waals surface area contributed by atoms with Crippen molar-refractivity contribution in [3.8, 4) is 0 Å². The van der Waals surface area contributed by atoms with E-state index in [1.807, 2.05) is 47.4 Å². The molecule has 1 fully saturated rings. The van der Waals surface area contributed by atoms with Crippen LogP contribution >= 0.6 is 11.6 Å². The molecule has 142 valence electrons. The monoisotopic (exact) mass is 386 g/mol. The second-order valence-electron chi connectivity index (χ2n) is 7.13. The van der Waals surface area contributed by atoms with E-state index in [1.165, 1.54) is 12.1 Å². The third-order valence-electron chi connectivity index (χ3n) is 4.99. The van der Waals surface area contributed by atoms with Crippen molar-refractivity contribution < 1.29 is 9.18 Å². The van der Waals surface area contributed by atoms with Gasteiger partial charge in [0.25, 0.3) is 0 Å². The normalized spacial score (nSPS) is 21.0. The third-order valence-corrected chi connectivity index (χ3v) is 5.24. The van der Waals surface area contributed by atoms with E-state index in [0.29, 0.717) is 11.6 Å². The summed E-state index contributed by atoms with van der Waals surface area (Å²) in [5, 5.41) is 0.679. The Balaban J connectivity index is 1.61. The molecule has 1 heterocycles. The molecule has 5 heteroatoms. The van der Waals surface area contributed by atoms with Crippen molar-refractivity contribution in [2.24, 2.45) is 0 Å². The van der Waals surface area contributed by atoms with Crippen molar-refractivity contribution in [1.29, 1.82) is 0 Å². The van der Waals surface area contributed by atoms with Gasteiger partial charge in [0.05, 0.1) is 0 Å². The maximum atomic E-state index is 13.1. The predicted molar refractivity (Wildman–Crippen MR) is 108 cm³/mol. The Labute approximate surface area is 165 Å². The number of carbonyl (C=O) groups excluding carboxylic acids is 1. The lowest BCUT2D eigenvalue weighted by atomic mass is 10.1. The number of rotatable bonds is 4. The van der Waals surface area contributed by atoms with Crippen LogP contribution in [0, 0.1) is 5.82 Å². The fourth-order valence-corrected chi connectivity index (χ4v) is 3.51. The van der Waals surface area contributed by atoms with Gasteiger partial charge in [-0.1, -0.05) is 35.9 Å². The molecular weight excluding hydrogens is 363 g/mol. The van der Waals surface area contributed by atoms with Gasteiger partial charge < -0.3 is 4.90 Å². The van der Waals surface area contributed by atoms with Gasteiger partial charge in [-0.2, -0.15) is 0 Å². The summed E-state index contributed by atoms with van der Waals surface area (Å²) in [5.74, 6) is -0.200. The molecule has 0 aromatic heterocycles. The van der Waals surface area contributed by atoms with Crippen molar-refractivity contribution in [2.75, 3.05) is 13.1 Å². The molecule has 1 saturated heterocycles. The van der Waals surface area contributed by atoms with E-state index in [2.05, 4.69) is 18.7 Å². The fraction of sp³-hybridized carbons (Fsp3) is 0.318. The molecule has 3 nitrogen and oxygen atoms in total. The lowest BCUT2D eigenvalue weighted by molar-refractivity contribution is -0.131. The van der Waals surface area contributed by atoms with Gasteiger partial charge in [0.15, 0.2) is 0 Å². The van der Waals surface area contributed by atoms with Gasteiger partial charge in [-0.3, -0.25) is 9.69 Å². The van der Waals surface area contributed by atoms with Crippen LogP contribution in [0.25, 0.3) is 6.08 Å². The van der Waals surface area contributed by atoms with E-state index in [9.17, 15) is 9.18 Å². The Kier molecular flexibility index (Phi) is 6.30. The number of amides is 1. The molecule has 0 aliphatic carbocycles. The molecule has 1 aliphatic heterocycles. The lowest BCUT2D eigenvalue weighted by Crippen LogP contribution is -2.57. The molecule has 0 bridgehead atoms. The molecule has 27 heavy (non-hydrogen) atoms. The minimum atomic E-state index is -0.219. The van der Waals surface area contributed by atoms with Crippen LogP contribution in [-0.4, -0.2) is 40.9 Å². The lowest BCUT2D eigenvalue weighted by Gasteiger charge is -2.44. The quantitative estimate of drug-likeness (QED) is 0.716. The summed E-state index contributed by atoms with van der Waals surface area (Å²) < 4.78 is 13.1. The highest BCUT2D eigenvalue weighted by Crippen LogP contribution is 2.19. The second kappa shape index (κ2) is 8.68. The third kappa shape index (κ3) is 5.18. The number of nitrogens with zero attached hydrogens (tertiary/aromatic N) is 2. The van der Waals surface area contributed by atoms with E-state index >= 15 is 0 Å². The molecule has 0 saturated carbocycles. The first-order chi connectivity index (χ1) is 12.9. The minimum absolute atomic E-state index is 0.0192. The first-order valence-electron chi connectivity index (χ1n) is 9.15. The fourth-order valence-electron chi connectivity index (χ4n) is 3.39. The standard InChI is InChI=1S/C22H24ClFN2O/c1-16-14-26(22(27)12-7-18-3-8-20(23)9-4-18)17(2)13-25(16)15-19-5-10-21(24)11-6-19/h3-12,16-17H,13-15H2,1-2H3/b12-7+/t16-,17+/m1/s1. The number of hydrogen-bond acceptors (Lipinski definition) is 2. The Morgan fingerprint density at radius 1 is 1.07 bits per heavy atom. The first kappa shape index (κ1) is 19.6. The van der Waals surface area contributed by atoms with Crippen LogP contribution in [0.4, 0.5) is 4.39 Å². The number of carbonyl (C=O) groups is 1. The molecule has 0 radical (unpaired) electrons. The molecule has 1 aliphatic rings. The maximum Gasteiger partial charge on any atom is 0.246 e. The zero-order valence-corrected chi connectivity index (χ0v) is 16.4. The van der Waals surface area contributed by atoms with Crippen molar-refractivity contribution >= 4 is 23.6 Å². The van der Waals surface area contributed by atoms with E-state index in [1.54, 1.807) is 6.08 Å². The van der Waals surface area contributed by atoms with Crippen LogP contribution in [-0.2, 0) is 11.3 Å². The average molecular weight is 387 g/mol. The van der Waals surface area contributed by atoms with Crippen LogP contribution in [0.1, 0.15) is 25.0 Å². The Hall–Kier alpha value is -2.17. The Morgan fingerprint density at radius 3 is 2.41 bits per heavy atom. The number of benzene rings is 2. The zero-order chi connectivity index (χ0) is 19.4. The van der Waals surface area contributed by atoms with Crippen LogP contribution in [0.3, 0.4) is 0 Å². The summed E-state index contributed by atoms with van der Waals surface area (Å²) in [5.41, 5.74) is 2.03. The molecule has 1 amide bonds. The molecular formula is C22H24ClFN2O. The molecule has 0 N–H and O–H groups in total. The Bertz CT molecular complexity index is 804. The van der Waals surface area contributed by atoms with Crippen LogP contribution in [0.5, 0.6) is 0 Å². The highest BCUT2D eigenvalue weighted by Gasteiger charge is 2.30. The molecule has 3 rings (SSSR count). The van der Waals surface area contributed by atoms with Crippen LogP contribution < -0.4 is 0 Å². The van der Waals surface area contributed by atoms with E-state index in [4.69, 9.17) is 11.6 Å². The smallest absolute Gasteiger partial charge is 0.246 e. The molecule has 2 atom stereocenters. The van der Waals surface area contributed by atoms with Gasteiger partial charge in [-0.15, -0.1) is 0 Å². The topological polar surface area (TPSA) is 23.6 Å². The molecule has 2 aromatic carbocycles. The Morgan fingerprint density at radius 2 is 1.74 bits per heavy atom. The average Bonchev–Trinajstić information content (AvgIpc) is 2.65. The largest absolute Gasteiger partial charge is 0.334 e. The van der Waals surface area contributed by atoms with Gasteiger partial charge >= 0.3 is 0 Å². The molecule has 2 aromatic rings.